The van der Waals surface area contributed by atoms with Crippen molar-refractivity contribution in [1.82, 2.24) is 20.6 Å². The summed E-state index contributed by atoms with van der Waals surface area (Å²) in [7, 11) is 0. The molecular formula is C24H24N4O6. The normalized spacial score (nSPS) is 13.9. The van der Waals surface area contributed by atoms with E-state index in [2.05, 4.69) is 20.6 Å². The van der Waals surface area contributed by atoms with Crippen molar-refractivity contribution < 1.29 is 29.3 Å². The summed E-state index contributed by atoms with van der Waals surface area (Å²) in [5.74, 6) is -2.31. The van der Waals surface area contributed by atoms with Crippen LogP contribution in [-0.2, 0) is 20.7 Å². The molecule has 10 heteroatoms. The second-order valence-electron chi connectivity index (χ2n) is 7.89. The van der Waals surface area contributed by atoms with Crippen LogP contribution in [0.5, 0.6) is 0 Å². The molecule has 5 N–H and O–H groups in total. The Balaban J connectivity index is 1.45. The number of carboxylic acids is 1. The monoisotopic (exact) mass is 464 g/mol. The lowest BCUT2D eigenvalue weighted by atomic mass is 9.98. The average Bonchev–Trinajstić information content (AvgIpc) is 3.46. The SMILES string of the molecule is O=C(N[C@H](Cc1cnc[nH]1)C(=O)NC(CO)C(=O)O)OCC1c2ccccc2-c2ccccc21. The maximum Gasteiger partial charge on any atom is 0.407 e. The molecule has 10 nitrogen and oxygen atoms in total. The molecule has 1 aliphatic rings. The molecule has 1 unspecified atom stereocenters. The van der Waals surface area contributed by atoms with Crippen LogP contribution in [0.4, 0.5) is 4.79 Å². The number of H-pyrrole nitrogens is 1. The van der Waals surface area contributed by atoms with Crippen LogP contribution in [0.15, 0.2) is 61.1 Å². The highest BCUT2D eigenvalue weighted by Crippen LogP contribution is 2.44. The summed E-state index contributed by atoms with van der Waals surface area (Å²) in [6.45, 7) is -0.727. The van der Waals surface area contributed by atoms with Crippen molar-refractivity contribution in [2.75, 3.05) is 13.2 Å². The number of aliphatic hydroxyl groups is 1. The van der Waals surface area contributed by atoms with Gasteiger partial charge in [-0.3, -0.25) is 4.79 Å². The van der Waals surface area contributed by atoms with Crippen LogP contribution in [-0.4, -0.2) is 63.4 Å². The van der Waals surface area contributed by atoms with Gasteiger partial charge in [0.1, 0.15) is 18.7 Å². The van der Waals surface area contributed by atoms with Gasteiger partial charge in [0, 0.05) is 24.2 Å². The number of rotatable bonds is 9. The second-order valence-corrected chi connectivity index (χ2v) is 7.89. The van der Waals surface area contributed by atoms with Crippen LogP contribution in [0.1, 0.15) is 22.7 Å². The van der Waals surface area contributed by atoms with Gasteiger partial charge in [0.25, 0.3) is 0 Å². The number of aromatic nitrogens is 2. The molecule has 0 aliphatic heterocycles. The van der Waals surface area contributed by atoms with Gasteiger partial charge in [0.2, 0.25) is 5.91 Å². The van der Waals surface area contributed by atoms with Crippen LogP contribution >= 0.6 is 0 Å². The van der Waals surface area contributed by atoms with E-state index in [0.29, 0.717) is 5.69 Å². The molecule has 0 radical (unpaired) electrons. The van der Waals surface area contributed by atoms with Gasteiger partial charge < -0.3 is 30.6 Å². The number of aliphatic carboxylic acids is 1. The number of nitrogens with one attached hydrogen (secondary N) is 3. The first-order valence-corrected chi connectivity index (χ1v) is 10.7. The largest absolute Gasteiger partial charge is 0.480 e. The molecule has 0 spiro atoms. The Labute approximate surface area is 195 Å². The van der Waals surface area contributed by atoms with Crippen LogP contribution in [0.3, 0.4) is 0 Å². The minimum absolute atomic E-state index is 0.0216. The molecule has 1 aliphatic carbocycles. The Hall–Kier alpha value is -4.18. The Bertz CT molecular complexity index is 1130. The van der Waals surface area contributed by atoms with E-state index < -0.39 is 36.7 Å². The number of imidazole rings is 1. The number of hydrogen-bond donors (Lipinski definition) is 5. The van der Waals surface area contributed by atoms with E-state index >= 15 is 0 Å². The number of carboxylic acid groups (broad SMARTS) is 1. The van der Waals surface area contributed by atoms with Crippen molar-refractivity contribution in [3.63, 3.8) is 0 Å². The van der Waals surface area contributed by atoms with Crippen molar-refractivity contribution >= 4 is 18.0 Å². The Morgan fingerprint density at radius 1 is 1.00 bits per heavy atom. The summed E-state index contributed by atoms with van der Waals surface area (Å²) in [5.41, 5.74) is 4.83. The first-order chi connectivity index (χ1) is 16.5. The number of hydrogen-bond acceptors (Lipinski definition) is 6. The third kappa shape index (κ3) is 4.91. The summed E-state index contributed by atoms with van der Waals surface area (Å²) in [6.07, 6.45) is 2.11. The van der Waals surface area contributed by atoms with Crippen molar-refractivity contribution in [3.8, 4) is 11.1 Å². The fourth-order valence-corrected chi connectivity index (χ4v) is 4.07. The van der Waals surface area contributed by atoms with Gasteiger partial charge in [-0.2, -0.15) is 0 Å². The molecule has 2 atom stereocenters. The molecule has 176 valence electrons. The summed E-state index contributed by atoms with van der Waals surface area (Å²) >= 11 is 0. The number of aromatic amines is 1. The quantitative estimate of drug-likeness (QED) is 0.321. The van der Waals surface area contributed by atoms with Crippen LogP contribution < -0.4 is 10.6 Å². The lowest BCUT2D eigenvalue weighted by molar-refractivity contribution is -0.143. The molecule has 0 saturated carbocycles. The number of carbonyl (C=O) groups excluding carboxylic acids is 2. The molecule has 1 heterocycles. The van der Waals surface area contributed by atoms with Gasteiger partial charge >= 0.3 is 12.1 Å². The first-order valence-electron chi connectivity index (χ1n) is 10.7. The summed E-state index contributed by atoms with van der Waals surface area (Å²) in [4.78, 5) is 43.2. The maximum atomic E-state index is 12.7. The van der Waals surface area contributed by atoms with E-state index in [1.54, 1.807) is 0 Å². The third-order valence-corrected chi connectivity index (χ3v) is 5.73. The smallest absolute Gasteiger partial charge is 0.407 e. The van der Waals surface area contributed by atoms with E-state index in [1.807, 2.05) is 48.5 Å². The van der Waals surface area contributed by atoms with E-state index in [0.717, 1.165) is 22.3 Å². The number of benzene rings is 2. The van der Waals surface area contributed by atoms with Gasteiger partial charge in [-0.25, -0.2) is 14.6 Å². The predicted molar refractivity (Wildman–Crippen MR) is 121 cm³/mol. The molecule has 34 heavy (non-hydrogen) atoms. The Kier molecular flexibility index (Phi) is 6.88. The van der Waals surface area contributed by atoms with Crippen molar-refractivity contribution in [3.05, 3.63) is 77.9 Å². The van der Waals surface area contributed by atoms with Gasteiger partial charge in [-0.05, 0) is 22.3 Å². The van der Waals surface area contributed by atoms with Crippen molar-refractivity contribution in [2.45, 2.75) is 24.4 Å². The zero-order chi connectivity index (χ0) is 24.1. The number of aliphatic hydroxyl groups excluding tert-OH is 1. The number of amides is 2. The lowest BCUT2D eigenvalue weighted by Crippen LogP contribution is -2.53. The maximum absolute atomic E-state index is 12.7. The third-order valence-electron chi connectivity index (χ3n) is 5.73. The number of carbonyl (C=O) groups is 3. The van der Waals surface area contributed by atoms with Crippen molar-refractivity contribution in [2.24, 2.45) is 0 Å². The molecule has 2 aromatic carbocycles. The molecule has 0 saturated heterocycles. The van der Waals surface area contributed by atoms with Crippen molar-refractivity contribution in [1.29, 1.82) is 0 Å². The highest BCUT2D eigenvalue weighted by molar-refractivity contribution is 5.89. The molecule has 1 aromatic heterocycles. The predicted octanol–water partition coefficient (Wildman–Crippen LogP) is 1.42. The first kappa shape index (κ1) is 23.0. The Morgan fingerprint density at radius 3 is 2.21 bits per heavy atom. The standard InChI is InChI=1S/C24H24N4O6/c29-11-21(23(31)32)27-22(30)20(9-14-10-25-13-26-14)28-24(33)34-12-19-17-7-3-1-5-15(17)16-6-2-4-8-18(16)19/h1-8,10,13,19-21,29H,9,11-12H2,(H,25,26)(H,27,30)(H,28,33)(H,31,32)/t20-,21?/m1/s1. The van der Waals surface area contributed by atoms with E-state index in [9.17, 15) is 19.5 Å². The van der Waals surface area contributed by atoms with Crippen LogP contribution in [0, 0.1) is 0 Å². The minimum atomic E-state index is -1.50. The number of fused-ring (bicyclic) bond motifs is 3. The van der Waals surface area contributed by atoms with Gasteiger partial charge in [-0.1, -0.05) is 48.5 Å². The highest BCUT2D eigenvalue weighted by atomic mass is 16.5. The Morgan fingerprint density at radius 2 is 1.65 bits per heavy atom. The van der Waals surface area contributed by atoms with E-state index in [-0.39, 0.29) is 18.9 Å². The molecule has 0 fully saturated rings. The van der Waals surface area contributed by atoms with Gasteiger partial charge in [-0.15, -0.1) is 0 Å². The topological polar surface area (TPSA) is 154 Å². The van der Waals surface area contributed by atoms with Gasteiger partial charge in [0.05, 0.1) is 12.9 Å². The van der Waals surface area contributed by atoms with Gasteiger partial charge in [0.15, 0.2) is 0 Å². The molecule has 4 rings (SSSR count). The lowest BCUT2D eigenvalue weighted by Gasteiger charge is -2.21. The zero-order valence-electron chi connectivity index (χ0n) is 18.1. The van der Waals surface area contributed by atoms with E-state index in [1.165, 1.54) is 12.5 Å². The number of nitrogens with zero attached hydrogens (tertiary/aromatic N) is 1. The van der Waals surface area contributed by atoms with Crippen LogP contribution in [0.25, 0.3) is 11.1 Å². The summed E-state index contributed by atoms with van der Waals surface area (Å²) in [6, 6.07) is 13.2. The number of alkyl carbamates (subject to hydrolysis) is 1. The fourth-order valence-electron chi connectivity index (χ4n) is 4.07. The molecule has 0 bridgehead atoms. The molecular weight excluding hydrogens is 440 g/mol. The summed E-state index contributed by atoms with van der Waals surface area (Å²) in [5, 5.41) is 23.0. The van der Waals surface area contributed by atoms with Crippen LogP contribution in [0.2, 0.25) is 0 Å². The summed E-state index contributed by atoms with van der Waals surface area (Å²) < 4.78 is 5.50. The zero-order valence-corrected chi connectivity index (χ0v) is 18.1. The number of ether oxygens (including phenoxy) is 1. The minimum Gasteiger partial charge on any atom is -0.480 e. The van der Waals surface area contributed by atoms with E-state index in [4.69, 9.17) is 9.84 Å². The molecule has 3 aromatic rings. The fraction of sp³-hybridized carbons (Fsp3) is 0.250. The second kappa shape index (κ2) is 10.2. The molecule has 2 amide bonds. The highest BCUT2D eigenvalue weighted by Gasteiger charge is 2.31. The average molecular weight is 464 g/mol.